The molecule has 172 valence electrons. The van der Waals surface area contributed by atoms with Gasteiger partial charge >= 0.3 is 6.18 Å². The average molecular weight is 460 g/mol. The van der Waals surface area contributed by atoms with Crippen LogP contribution in [-0.2, 0) is 20.5 Å². The molecule has 1 saturated heterocycles. The number of anilines is 3. The molecule has 2 aromatic carbocycles. The molecule has 2 amide bonds. The summed E-state index contributed by atoms with van der Waals surface area (Å²) < 4.78 is 43.7. The Morgan fingerprint density at radius 2 is 1.94 bits per heavy atom. The van der Waals surface area contributed by atoms with Gasteiger partial charge in [-0.05, 0) is 53.9 Å². The van der Waals surface area contributed by atoms with E-state index in [0.29, 0.717) is 22.3 Å². The molecule has 1 unspecified atom stereocenters. The van der Waals surface area contributed by atoms with Crippen LogP contribution >= 0.6 is 0 Å². The van der Waals surface area contributed by atoms with Gasteiger partial charge < -0.3 is 25.8 Å². The van der Waals surface area contributed by atoms with Crippen molar-refractivity contribution >= 4 is 39.8 Å². The summed E-state index contributed by atoms with van der Waals surface area (Å²) >= 11 is 0. The standard InChI is InChI=1S/C22H19F3N4O4/c23-22(24,25)13-1-4-15(5-2-13)29-9-10-33-18(21(29)32)17(30)20(31)28-14-3-6-16-12(11-14)7-8-27-19(16)26/h1-8,11,17-18,30H,9-10H2,(H2,26,27)(H,28,31)/t17?,18-/m1/s1. The number of carbonyl (C=O) groups is 2. The van der Waals surface area contributed by atoms with Gasteiger partial charge in [-0.3, -0.25) is 9.59 Å². The van der Waals surface area contributed by atoms with Crippen molar-refractivity contribution in [3.05, 3.63) is 60.3 Å². The molecule has 2 atom stereocenters. The molecule has 0 saturated carbocycles. The number of pyridine rings is 1. The number of benzene rings is 2. The Hall–Kier alpha value is -3.70. The molecule has 4 rings (SSSR count). The molecule has 1 aromatic heterocycles. The number of hydrogen-bond acceptors (Lipinski definition) is 6. The van der Waals surface area contributed by atoms with Gasteiger partial charge in [0.15, 0.2) is 12.2 Å². The highest BCUT2D eigenvalue weighted by Gasteiger charge is 2.39. The van der Waals surface area contributed by atoms with Crippen LogP contribution in [0.3, 0.4) is 0 Å². The lowest BCUT2D eigenvalue weighted by molar-refractivity contribution is -0.150. The van der Waals surface area contributed by atoms with E-state index in [1.165, 1.54) is 11.1 Å². The zero-order valence-corrected chi connectivity index (χ0v) is 17.0. The van der Waals surface area contributed by atoms with Crippen LogP contribution in [0.5, 0.6) is 0 Å². The van der Waals surface area contributed by atoms with Gasteiger partial charge in [-0.2, -0.15) is 13.2 Å². The fourth-order valence-corrected chi connectivity index (χ4v) is 3.55. The first-order valence-corrected chi connectivity index (χ1v) is 9.88. The fraction of sp³-hybridized carbons (Fsp3) is 0.227. The Kier molecular flexibility index (Phi) is 5.91. The quantitative estimate of drug-likeness (QED) is 0.551. The highest BCUT2D eigenvalue weighted by molar-refractivity contribution is 6.04. The summed E-state index contributed by atoms with van der Waals surface area (Å²) in [5, 5.41) is 14.4. The molecule has 4 N–H and O–H groups in total. The first-order chi connectivity index (χ1) is 15.6. The number of hydrogen-bond donors (Lipinski definition) is 3. The number of aromatic nitrogens is 1. The van der Waals surface area contributed by atoms with Crippen molar-refractivity contribution in [1.29, 1.82) is 0 Å². The van der Waals surface area contributed by atoms with Crippen LogP contribution in [0.15, 0.2) is 54.7 Å². The number of nitrogens with one attached hydrogen (secondary N) is 1. The summed E-state index contributed by atoms with van der Waals surface area (Å²) in [6.07, 6.45) is -6.34. The van der Waals surface area contributed by atoms with E-state index in [9.17, 15) is 27.9 Å². The highest BCUT2D eigenvalue weighted by Crippen LogP contribution is 2.31. The van der Waals surface area contributed by atoms with E-state index < -0.39 is 35.8 Å². The number of morpholine rings is 1. The van der Waals surface area contributed by atoms with E-state index in [4.69, 9.17) is 10.5 Å². The minimum atomic E-state index is -4.50. The Morgan fingerprint density at radius 3 is 2.64 bits per heavy atom. The molecule has 1 fully saturated rings. The van der Waals surface area contributed by atoms with Gasteiger partial charge in [-0.25, -0.2) is 4.98 Å². The Labute approximate surface area is 185 Å². The zero-order valence-electron chi connectivity index (χ0n) is 17.0. The van der Waals surface area contributed by atoms with Crippen LogP contribution in [-0.4, -0.2) is 47.3 Å². The largest absolute Gasteiger partial charge is 0.416 e. The van der Waals surface area contributed by atoms with E-state index >= 15 is 0 Å². The summed E-state index contributed by atoms with van der Waals surface area (Å²) in [5.41, 5.74) is 5.52. The maximum absolute atomic E-state index is 12.8. The topological polar surface area (TPSA) is 118 Å². The minimum absolute atomic E-state index is 0.00990. The number of ether oxygens (including phenoxy) is 1. The minimum Gasteiger partial charge on any atom is -0.383 e. The Balaban J connectivity index is 1.47. The summed E-state index contributed by atoms with van der Waals surface area (Å²) in [5.74, 6) is -1.28. The van der Waals surface area contributed by atoms with Crippen LogP contribution in [0.1, 0.15) is 5.56 Å². The fourth-order valence-electron chi connectivity index (χ4n) is 3.55. The van der Waals surface area contributed by atoms with Crippen molar-refractivity contribution in [3.8, 4) is 0 Å². The number of alkyl halides is 3. The van der Waals surface area contributed by atoms with Crippen molar-refractivity contribution < 1.29 is 32.6 Å². The van der Waals surface area contributed by atoms with Gasteiger partial charge in [-0.1, -0.05) is 0 Å². The van der Waals surface area contributed by atoms with E-state index in [0.717, 1.165) is 24.3 Å². The third kappa shape index (κ3) is 4.59. The lowest BCUT2D eigenvalue weighted by Crippen LogP contribution is -2.55. The van der Waals surface area contributed by atoms with Crippen molar-refractivity contribution in [1.82, 2.24) is 4.98 Å². The molecule has 1 aliphatic heterocycles. The predicted molar refractivity (Wildman–Crippen MR) is 114 cm³/mol. The van der Waals surface area contributed by atoms with Gasteiger partial charge in [0.2, 0.25) is 0 Å². The second-order valence-electron chi connectivity index (χ2n) is 7.39. The number of aliphatic hydroxyl groups is 1. The third-order valence-corrected chi connectivity index (χ3v) is 5.25. The van der Waals surface area contributed by atoms with Crippen molar-refractivity contribution in [2.24, 2.45) is 0 Å². The molecule has 0 bridgehead atoms. The normalized spacial score (nSPS) is 17.8. The second kappa shape index (κ2) is 8.68. The molecule has 0 aliphatic carbocycles. The van der Waals surface area contributed by atoms with E-state index in [2.05, 4.69) is 10.3 Å². The predicted octanol–water partition coefficient (Wildman–Crippen LogP) is 2.57. The molecule has 1 aliphatic rings. The maximum Gasteiger partial charge on any atom is 0.416 e. The molecular weight excluding hydrogens is 441 g/mol. The molecule has 11 heteroatoms. The van der Waals surface area contributed by atoms with Crippen LogP contribution in [0.4, 0.5) is 30.4 Å². The van der Waals surface area contributed by atoms with E-state index in [1.54, 1.807) is 24.3 Å². The molecule has 2 heterocycles. The number of amides is 2. The molecule has 3 aromatic rings. The van der Waals surface area contributed by atoms with Crippen LogP contribution in [0.25, 0.3) is 10.8 Å². The van der Waals surface area contributed by atoms with Crippen LogP contribution < -0.4 is 16.0 Å². The first kappa shape index (κ1) is 22.5. The lowest BCUT2D eigenvalue weighted by Gasteiger charge is -2.34. The van der Waals surface area contributed by atoms with Crippen molar-refractivity contribution in [2.75, 3.05) is 29.1 Å². The van der Waals surface area contributed by atoms with Crippen molar-refractivity contribution in [2.45, 2.75) is 18.4 Å². The number of fused-ring (bicyclic) bond motifs is 1. The second-order valence-corrected chi connectivity index (χ2v) is 7.39. The molecule has 8 nitrogen and oxygen atoms in total. The number of halogens is 3. The van der Waals surface area contributed by atoms with Gasteiger partial charge in [0.1, 0.15) is 5.82 Å². The van der Waals surface area contributed by atoms with Crippen molar-refractivity contribution in [3.63, 3.8) is 0 Å². The molecule has 0 radical (unpaired) electrons. The van der Waals surface area contributed by atoms with Crippen LogP contribution in [0, 0.1) is 0 Å². The number of rotatable bonds is 4. The number of nitrogen functional groups attached to an aromatic ring is 1. The SMILES string of the molecule is Nc1nccc2cc(NC(=O)C(O)[C@H]3OCCN(c4ccc(C(F)(F)F)cc4)C3=O)ccc12. The summed E-state index contributed by atoms with van der Waals surface area (Å²) in [7, 11) is 0. The number of nitrogens with zero attached hydrogens (tertiary/aromatic N) is 2. The number of carbonyl (C=O) groups excluding carboxylic acids is 2. The average Bonchev–Trinajstić information content (AvgIpc) is 2.78. The molecule has 33 heavy (non-hydrogen) atoms. The first-order valence-electron chi connectivity index (χ1n) is 9.88. The van der Waals surface area contributed by atoms with Gasteiger partial charge in [-0.15, -0.1) is 0 Å². The summed E-state index contributed by atoms with van der Waals surface area (Å²) in [4.78, 5) is 30.6. The molecular formula is C22H19F3N4O4. The smallest absolute Gasteiger partial charge is 0.383 e. The summed E-state index contributed by atoms with van der Waals surface area (Å²) in [6, 6.07) is 10.6. The summed E-state index contributed by atoms with van der Waals surface area (Å²) in [6.45, 7) is 0.0548. The number of aliphatic hydroxyl groups excluding tert-OH is 1. The Morgan fingerprint density at radius 1 is 1.21 bits per heavy atom. The van der Waals surface area contributed by atoms with E-state index in [1.807, 2.05) is 0 Å². The maximum atomic E-state index is 12.8. The van der Waals surface area contributed by atoms with Gasteiger partial charge in [0, 0.05) is 29.5 Å². The lowest BCUT2D eigenvalue weighted by atomic mass is 10.1. The van der Waals surface area contributed by atoms with Crippen LogP contribution in [0.2, 0.25) is 0 Å². The highest BCUT2D eigenvalue weighted by atomic mass is 19.4. The third-order valence-electron chi connectivity index (χ3n) is 5.25. The van der Waals surface area contributed by atoms with E-state index in [-0.39, 0.29) is 18.8 Å². The number of nitrogens with two attached hydrogens (primary N) is 1. The molecule has 0 spiro atoms. The van der Waals surface area contributed by atoms with Gasteiger partial charge in [0.25, 0.3) is 11.8 Å². The van der Waals surface area contributed by atoms with Gasteiger partial charge in [0.05, 0.1) is 12.2 Å². The zero-order chi connectivity index (χ0) is 23.8. The Bertz CT molecular complexity index is 1200. The monoisotopic (exact) mass is 460 g/mol.